The van der Waals surface area contributed by atoms with Crippen LogP contribution in [0.25, 0.3) is 0 Å². The molecule has 0 aliphatic heterocycles. The number of hydrogen-bond acceptors (Lipinski definition) is 3. The van der Waals surface area contributed by atoms with Gasteiger partial charge in [0.1, 0.15) is 5.75 Å². The Morgan fingerprint density at radius 3 is 2.13 bits per heavy atom. The molecule has 0 aromatic heterocycles. The predicted molar refractivity (Wildman–Crippen MR) is 124 cm³/mol. The summed E-state index contributed by atoms with van der Waals surface area (Å²) in [5.41, 5.74) is 2.48. The molecular formula is C26H28N2O3. The van der Waals surface area contributed by atoms with Gasteiger partial charge in [-0.2, -0.15) is 0 Å². The van der Waals surface area contributed by atoms with Crippen LogP contribution in [0.5, 0.6) is 5.75 Å². The third kappa shape index (κ3) is 6.71. The average Bonchev–Trinajstić information content (AvgIpc) is 2.74. The lowest BCUT2D eigenvalue weighted by Crippen LogP contribution is -2.40. The molecule has 0 aliphatic carbocycles. The Bertz CT molecular complexity index is 1020. The zero-order chi connectivity index (χ0) is 22.3. The first-order valence-corrected chi connectivity index (χ1v) is 10.3. The highest BCUT2D eigenvalue weighted by Crippen LogP contribution is 2.20. The van der Waals surface area contributed by atoms with E-state index in [1.54, 1.807) is 42.5 Å². The topological polar surface area (TPSA) is 67.4 Å². The van der Waals surface area contributed by atoms with Gasteiger partial charge in [-0.15, -0.1) is 0 Å². The van der Waals surface area contributed by atoms with Crippen LogP contribution >= 0.6 is 0 Å². The summed E-state index contributed by atoms with van der Waals surface area (Å²) in [4.78, 5) is 25.1. The Balaban J connectivity index is 1.62. The van der Waals surface area contributed by atoms with Crippen LogP contribution in [-0.2, 0) is 6.42 Å². The first-order valence-electron chi connectivity index (χ1n) is 10.3. The van der Waals surface area contributed by atoms with Crippen LogP contribution in [0.2, 0.25) is 0 Å². The first kappa shape index (κ1) is 22.1. The zero-order valence-electron chi connectivity index (χ0n) is 18.1. The minimum atomic E-state index is -0.311. The molecule has 0 radical (unpaired) electrons. The molecule has 0 heterocycles. The molecule has 5 nitrogen and oxygen atoms in total. The number of carbonyl (C=O) groups excluding carboxylic acids is 2. The van der Waals surface area contributed by atoms with Gasteiger partial charge in [-0.1, -0.05) is 42.5 Å². The van der Waals surface area contributed by atoms with E-state index in [-0.39, 0.29) is 17.4 Å². The van der Waals surface area contributed by atoms with E-state index in [2.05, 4.69) is 10.6 Å². The third-order valence-electron chi connectivity index (χ3n) is 4.52. The molecule has 0 atom stereocenters. The zero-order valence-corrected chi connectivity index (χ0v) is 18.1. The second kappa shape index (κ2) is 9.94. The number of para-hydroxylation sites is 1. The molecule has 0 saturated carbocycles. The quantitative estimate of drug-likeness (QED) is 0.564. The van der Waals surface area contributed by atoms with Gasteiger partial charge in [0.15, 0.2) is 0 Å². The number of ether oxygens (including phenoxy) is 1. The lowest BCUT2D eigenvalue weighted by atomic mass is 10.1. The fraction of sp³-hybridized carbons (Fsp3) is 0.231. The molecule has 0 fully saturated rings. The lowest BCUT2D eigenvalue weighted by molar-refractivity contribution is 0.0919. The molecule has 31 heavy (non-hydrogen) atoms. The molecule has 3 rings (SSSR count). The van der Waals surface area contributed by atoms with Crippen molar-refractivity contribution in [2.24, 2.45) is 0 Å². The highest BCUT2D eigenvalue weighted by Gasteiger charge is 2.16. The molecule has 0 aliphatic rings. The molecule has 0 spiro atoms. The summed E-state index contributed by atoms with van der Waals surface area (Å²) in [5, 5.41) is 5.79. The fourth-order valence-electron chi connectivity index (χ4n) is 3.02. The second-order valence-electron chi connectivity index (χ2n) is 8.32. The molecule has 2 amide bonds. The van der Waals surface area contributed by atoms with Crippen LogP contribution in [0.15, 0.2) is 78.9 Å². The van der Waals surface area contributed by atoms with Crippen LogP contribution in [0.3, 0.4) is 0 Å². The molecule has 3 aromatic carbocycles. The van der Waals surface area contributed by atoms with E-state index in [4.69, 9.17) is 4.74 Å². The highest BCUT2D eigenvalue weighted by molar-refractivity contribution is 6.06. The van der Waals surface area contributed by atoms with Crippen molar-refractivity contribution in [2.45, 2.75) is 32.7 Å². The molecule has 0 unspecified atom stereocenters. The Morgan fingerprint density at radius 1 is 0.806 bits per heavy atom. The summed E-state index contributed by atoms with van der Waals surface area (Å²) in [7, 11) is 0. The van der Waals surface area contributed by atoms with Gasteiger partial charge in [-0.3, -0.25) is 9.59 Å². The molecule has 160 valence electrons. The minimum Gasteiger partial charge on any atom is -0.492 e. The predicted octanol–water partition coefficient (Wildman–Crippen LogP) is 5.09. The van der Waals surface area contributed by atoms with Crippen molar-refractivity contribution in [2.75, 3.05) is 11.9 Å². The smallest absolute Gasteiger partial charge is 0.259 e. The first-order chi connectivity index (χ1) is 14.8. The number of carbonyl (C=O) groups is 2. The van der Waals surface area contributed by atoms with E-state index >= 15 is 0 Å². The van der Waals surface area contributed by atoms with E-state index in [1.165, 1.54) is 5.56 Å². The van der Waals surface area contributed by atoms with Gasteiger partial charge in [0.25, 0.3) is 11.8 Å². The minimum absolute atomic E-state index is 0.150. The average molecular weight is 417 g/mol. The highest BCUT2D eigenvalue weighted by atomic mass is 16.5. The van der Waals surface area contributed by atoms with Gasteiger partial charge in [-0.25, -0.2) is 0 Å². The van der Waals surface area contributed by atoms with Gasteiger partial charge in [-0.05, 0) is 62.7 Å². The second-order valence-corrected chi connectivity index (χ2v) is 8.32. The number of amides is 2. The maximum absolute atomic E-state index is 12.8. The van der Waals surface area contributed by atoms with Gasteiger partial charge in [0, 0.05) is 23.2 Å². The van der Waals surface area contributed by atoms with Crippen LogP contribution in [0, 0.1) is 0 Å². The summed E-state index contributed by atoms with van der Waals surface area (Å²) >= 11 is 0. The van der Waals surface area contributed by atoms with E-state index < -0.39 is 0 Å². The fourth-order valence-corrected chi connectivity index (χ4v) is 3.02. The Labute approximate surface area is 183 Å². The number of rotatable bonds is 7. The van der Waals surface area contributed by atoms with Gasteiger partial charge in [0.2, 0.25) is 0 Å². The lowest BCUT2D eigenvalue weighted by Gasteiger charge is -2.20. The number of nitrogens with one attached hydrogen (secondary N) is 2. The van der Waals surface area contributed by atoms with Crippen molar-refractivity contribution in [3.8, 4) is 5.75 Å². The summed E-state index contributed by atoms with van der Waals surface area (Å²) in [6, 6.07) is 24.1. The van der Waals surface area contributed by atoms with E-state index in [0.29, 0.717) is 29.2 Å². The van der Waals surface area contributed by atoms with Gasteiger partial charge < -0.3 is 15.4 Å². The van der Waals surface area contributed by atoms with Crippen molar-refractivity contribution in [3.05, 3.63) is 95.6 Å². The number of benzene rings is 3. The monoisotopic (exact) mass is 416 g/mol. The maximum atomic E-state index is 12.8. The van der Waals surface area contributed by atoms with Gasteiger partial charge >= 0.3 is 0 Å². The maximum Gasteiger partial charge on any atom is 0.259 e. The van der Waals surface area contributed by atoms with E-state index in [1.807, 2.05) is 57.2 Å². The van der Waals surface area contributed by atoms with Crippen LogP contribution in [0.1, 0.15) is 47.1 Å². The Kier molecular flexibility index (Phi) is 7.08. The van der Waals surface area contributed by atoms with E-state index in [9.17, 15) is 9.59 Å². The van der Waals surface area contributed by atoms with Crippen molar-refractivity contribution < 1.29 is 14.3 Å². The van der Waals surface area contributed by atoms with Crippen molar-refractivity contribution in [3.63, 3.8) is 0 Å². The summed E-state index contributed by atoms with van der Waals surface area (Å²) in [6.07, 6.45) is 0.759. The number of anilines is 1. The summed E-state index contributed by atoms with van der Waals surface area (Å²) < 4.78 is 5.88. The summed E-state index contributed by atoms with van der Waals surface area (Å²) in [5.74, 6) is 0.127. The SMILES string of the molecule is CC(C)(C)NC(=O)c1ccc(NC(=O)c2ccccc2OCCc2ccccc2)cc1. The van der Waals surface area contributed by atoms with E-state index in [0.717, 1.165) is 6.42 Å². The molecule has 5 heteroatoms. The Morgan fingerprint density at radius 2 is 1.45 bits per heavy atom. The summed E-state index contributed by atoms with van der Waals surface area (Å²) in [6.45, 7) is 6.27. The third-order valence-corrected chi connectivity index (χ3v) is 4.52. The van der Waals surface area contributed by atoms with Gasteiger partial charge in [0.05, 0.1) is 12.2 Å². The van der Waals surface area contributed by atoms with Crippen LogP contribution in [-0.4, -0.2) is 24.0 Å². The molecule has 0 saturated heterocycles. The Hall–Kier alpha value is -3.60. The molecule has 2 N–H and O–H groups in total. The normalized spacial score (nSPS) is 10.9. The van der Waals surface area contributed by atoms with Crippen LogP contribution < -0.4 is 15.4 Å². The number of hydrogen-bond donors (Lipinski definition) is 2. The van der Waals surface area contributed by atoms with Crippen molar-refractivity contribution in [1.29, 1.82) is 0 Å². The van der Waals surface area contributed by atoms with Crippen molar-refractivity contribution >= 4 is 17.5 Å². The van der Waals surface area contributed by atoms with Crippen molar-refractivity contribution in [1.82, 2.24) is 5.32 Å². The molecular weight excluding hydrogens is 388 g/mol. The standard InChI is InChI=1S/C26H28N2O3/c1-26(2,3)28-24(29)20-13-15-21(16-14-20)27-25(30)22-11-7-8-12-23(22)31-18-17-19-9-5-4-6-10-19/h4-16H,17-18H2,1-3H3,(H,27,30)(H,28,29). The molecule has 3 aromatic rings. The van der Waals surface area contributed by atoms with Crippen LogP contribution in [0.4, 0.5) is 5.69 Å². The molecule has 0 bridgehead atoms. The largest absolute Gasteiger partial charge is 0.492 e.